The van der Waals surface area contributed by atoms with Crippen LogP contribution in [0.25, 0.3) is 0 Å². The second-order valence-corrected chi connectivity index (χ2v) is 0. The van der Waals surface area contributed by atoms with Crippen molar-refractivity contribution in [2.75, 3.05) is 0 Å². The Morgan fingerprint density at radius 2 is 1.00 bits per heavy atom. The van der Waals surface area contributed by atoms with Crippen molar-refractivity contribution in [2.24, 2.45) is 0 Å². The van der Waals surface area contributed by atoms with E-state index >= 15 is 0 Å². The van der Waals surface area contributed by atoms with Crippen molar-refractivity contribution in [3.05, 3.63) is 0 Å². The zero-order valence-corrected chi connectivity index (χ0v) is 6.37. The minimum atomic E-state index is 0. The summed E-state index contributed by atoms with van der Waals surface area (Å²) in [6.45, 7) is 0. The summed E-state index contributed by atoms with van der Waals surface area (Å²) >= 11 is 0. The molecule has 2 N–H and O–H groups in total. The van der Waals surface area contributed by atoms with Gasteiger partial charge in [0, 0.05) is 39.1 Å². The molecule has 1 atom stereocenters. The van der Waals surface area contributed by atoms with Crippen LogP contribution in [-0.4, -0.2) is 5.48 Å². The van der Waals surface area contributed by atoms with E-state index in [0.29, 0.717) is 0 Å². The van der Waals surface area contributed by atoms with Crippen LogP contribution in [0.2, 0.25) is 0 Å². The van der Waals surface area contributed by atoms with Gasteiger partial charge in [0.1, 0.15) is 0 Å². The minimum absolute atomic E-state index is 0. The van der Waals surface area contributed by atoms with Crippen molar-refractivity contribution in [1.82, 2.24) is 0 Å². The quantitative estimate of drug-likeness (QED) is 0.322. The summed E-state index contributed by atoms with van der Waals surface area (Å²) in [5, 5.41) is 0. The van der Waals surface area contributed by atoms with Crippen LogP contribution < -0.4 is 0 Å². The molecule has 0 aromatic rings. The molecular formula is H5CrOPTi. The fourth-order valence-electron chi connectivity index (χ4n) is 0. The largest absolute Gasteiger partial charge is 0.412 e. The Bertz CT molecular complexity index is 8.00. The molecule has 0 fully saturated rings. The van der Waals surface area contributed by atoms with Gasteiger partial charge in [0.2, 0.25) is 0 Å². The fraction of sp³-hybridized carbons (Fsp3) is 0. The van der Waals surface area contributed by atoms with Gasteiger partial charge < -0.3 is 5.48 Å². The molecule has 0 bridgehead atoms. The summed E-state index contributed by atoms with van der Waals surface area (Å²) < 4.78 is 0. The molecule has 0 rings (SSSR count). The summed E-state index contributed by atoms with van der Waals surface area (Å²) in [5.74, 6) is 0. The fourth-order valence-corrected chi connectivity index (χ4v) is 0. The Hall–Kier alpha value is 1.64. The molecule has 0 radical (unpaired) electrons. The van der Waals surface area contributed by atoms with Crippen LogP contribution in [0.15, 0.2) is 0 Å². The molecule has 0 aromatic heterocycles. The van der Waals surface area contributed by atoms with E-state index in [1.165, 1.54) is 0 Å². The predicted octanol–water partition coefficient (Wildman–Crippen LogP) is -0.772. The van der Waals surface area contributed by atoms with Gasteiger partial charge in [0.25, 0.3) is 0 Å². The van der Waals surface area contributed by atoms with Crippen LogP contribution in [0, 0.1) is 0 Å². The monoisotopic (exact) mass is 152 g/mol. The maximum Gasteiger partial charge on any atom is 0 e. The first-order valence-electron chi connectivity index (χ1n) is 0. The van der Waals surface area contributed by atoms with Gasteiger partial charge in [-0.3, -0.25) is 0 Å². The molecule has 0 aromatic carbocycles. The Labute approximate surface area is 54.5 Å². The van der Waals surface area contributed by atoms with E-state index in [1.54, 1.807) is 0 Å². The number of hydrogen-bond donors (Lipinski definition) is 0. The van der Waals surface area contributed by atoms with E-state index in [2.05, 4.69) is 0 Å². The Balaban J connectivity index is 0. The second-order valence-electron chi connectivity index (χ2n) is 0. The standard InChI is InChI=1S/Cr.H2O.H3P.Ti/h;1H2;1H3;. The van der Waals surface area contributed by atoms with E-state index in [4.69, 9.17) is 0 Å². The van der Waals surface area contributed by atoms with Gasteiger partial charge >= 0.3 is 0 Å². The predicted molar refractivity (Wildman–Crippen MR) is 14.7 cm³/mol. The van der Waals surface area contributed by atoms with Crippen molar-refractivity contribution in [3.63, 3.8) is 0 Å². The van der Waals surface area contributed by atoms with E-state index in [9.17, 15) is 0 Å². The molecule has 0 saturated carbocycles. The van der Waals surface area contributed by atoms with E-state index in [1.807, 2.05) is 0 Å². The molecule has 0 aliphatic carbocycles. The summed E-state index contributed by atoms with van der Waals surface area (Å²) in [5.41, 5.74) is 0. The Morgan fingerprint density at radius 3 is 1.00 bits per heavy atom. The molecule has 1 unspecified atom stereocenters. The molecule has 0 spiro atoms. The third-order valence-electron chi connectivity index (χ3n) is 0. The minimum Gasteiger partial charge on any atom is -0.412 e. The zero-order valence-electron chi connectivity index (χ0n) is 2.12. The summed E-state index contributed by atoms with van der Waals surface area (Å²) in [7, 11) is 0. The van der Waals surface area contributed by atoms with E-state index in [0.717, 1.165) is 0 Å². The molecule has 0 heterocycles. The second kappa shape index (κ2) is 22.9. The van der Waals surface area contributed by atoms with Crippen LogP contribution in [-0.2, 0) is 39.1 Å². The van der Waals surface area contributed by atoms with Crippen LogP contribution in [0.1, 0.15) is 0 Å². The van der Waals surface area contributed by atoms with Gasteiger partial charge in [-0.2, -0.15) is 9.90 Å². The average Bonchev–Trinajstić information content (AvgIpc) is 0. The van der Waals surface area contributed by atoms with Gasteiger partial charge in [0.15, 0.2) is 0 Å². The van der Waals surface area contributed by atoms with Crippen LogP contribution in [0.3, 0.4) is 0 Å². The SMILES string of the molecule is O.P.[Cr].[Ti]. The zero-order chi connectivity index (χ0) is 0. The van der Waals surface area contributed by atoms with Gasteiger partial charge in [-0.05, 0) is 0 Å². The average molecular weight is 152 g/mol. The van der Waals surface area contributed by atoms with Crippen LogP contribution >= 0.6 is 9.90 Å². The van der Waals surface area contributed by atoms with Crippen molar-refractivity contribution < 1.29 is 44.6 Å². The van der Waals surface area contributed by atoms with Gasteiger partial charge in [0.05, 0.1) is 0 Å². The van der Waals surface area contributed by atoms with Crippen molar-refractivity contribution in [3.8, 4) is 0 Å². The van der Waals surface area contributed by atoms with Gasteiger partial charge in [-0.25, -0.2) is 0 Å². The maximum absolute atomic E-state index is 0. The van der Waals surface area contributed by atoms with Crippen molar-refractivity contribution >= 4 is 9.90 Å². The molecule has 0 aliphatic rings. The molecule has 0 amide bonds. The van der Waals surface area contributed by atoms with Crippen LogP contribution in [0.5, 0.6) is 0 Å². The first kappa shape index (κ1) is 45.2. The summed E-state index contributed by atoms with van der Waals surface area (Å²) in [6, 6.07) is 0. The maximum atomic E-state index is 0. The van der Waals surface area contributed by atoms with E-state index < -0.39 is 0 Å². The summed E-state index contributed by atoms with van der Waals surface area (Å²) in [6.07, 6.45) is 0. The smallest absolute Gasteiger partial charge is 0 e. The third kappa shape index (κ3) is 9.44. The molecule has 1 nitrogen and oxygen atoms in total. The van der Waals surface area contributed by atoms with E-state index in [-0.39, 0.29) is 54.5 Å². The molecule has 26 valence electrons. The summed E-state index contributed by atoms with van der Waals surface area (Å²) in [4.78, 5) is 0. The Morgan fingerprint density at radius 1 is 1.00 bits per heavy atom. The first-order chi connectivity index (χ1) is 0. The van der Waals surface area contributed by atoms with Crippen LogP contribution in [0.4, 0.5) is 0 Å². The van der Waals surface area contributed by atoms with Gasteiger partial charge in [-0.15, -0.1) is 0 Å². The number of hydrogen-bond acceptors (Lipinski definition) is 0. The molecule has 4 heteroatoms. The van der Waals surface area contributed by atoms with Crippen molar-refractivity contribution in [1.29, 1.82) is 0 Å². The third-order valence-corrected chi connectivity index (χ3v) is 0. The molecule has 0 saturated heterocycles. The molecule has 4 heavy (non-hydrogen) atoms. The first-order valence-corrected chi connectivity index (χ1v) is 0. The number of rotatable bonds is 0. The molecular weight excluding hydrogens is 147 g/mol. The normalized spacial score (nSPS) is 0. The Kier molecular flexibility index (Phi) is 259. The van der Waals surface area contributed by atoms with Gasteiger partial charge in [-0.1, -0.05) is 0 Å². The molecule has 0 aliphatic heterocycles. The topological polar surface area (TPSA) is 31.5 Å². The van der Waals surface area contributed by atoms with Crippen molar-refractivity contribution in [2.45, 2.75) is 0 Å².